The van der Waals surface area contributed by atoms with Gasteiger partial charge in [-0.25, -0.2) is 0 Å². The van der Waals surface area contributed by atoms with Gasteiger partial charge in [-0.15, -0.1) is 0 Å². The summed E-state index contributed by atoms with van der Waals surface area (Å²) in [7, 11) is 0. The number of carboxylic acids is 1. The van der Waals surface area contributed by atoms with Crippen molar-refractivity contribution in [1.29, 1.82) is 0 Å². The average molecular weight is 308 g/mol. The maximum atomic E-state index is 12.4. The highest BCUT2D eigenvalue weighted by Gasteiger charge is 2.55. The van der Waals surface area contributed by atoms with Gasteiger partial charge >= 0.3 is 5.97 Å². The Labute approximate surface area is 128 Å². The van der Waals surface area contributed by atoms with E-state index in [0.29, 0.717) is 18.0 Å². The number of aliphatic carboxylic acids is 1. The van der Waals surface area contributed by atoms with Crippen molar-refractivity contribution in [2.24, 2.45) is 11.8 Å². The minimum absolute atomic E-state index is 0.213. The predicted molar refractivity (Wildman–Crippen MR) is 76.3 cm³/mol. The quantitative estimate of drug-likeness (QED) is 0.882. The van der Waals surface area contributed by atoms with Crippen LogP contribution in [0.25, 0.3) is 0 Å². The van der Waals surface area contributed by atoms with E-state index in [2.05, 4.69) is 10.5 Å². The molecule has 22 heavy (non-hydrogen) atoms. The fourth-order valence-corrected chi connectivity index (χ4v) is 3.22. The first-order chi connectivity index (χ1) is 10.3. The first-order valence-electron chi connectivity index (χ1n) is 7.43. The van der Waals surface area contributed by atoms with E-state index in [1.807, 2.05) is 20.8 Å². The third-order valence-corrected chi connectivity index (χ3v) is 4.36. The van der Waals surface area contributed by atoms with Crippen LogP contribution in [0.3, 0.4) is 0 Å². The number of nitrogens with zero attached hydrogens (tertiary/aromatic N) is 1. The number of nitrogens with one attached hydrogen (secondary N) is 1. The molecule has 2 aliphatic heterocycles. The highest BCUT2D eigenvalue weighted by Crippen LogP contribution is 2.44. The van der Waals surface area contributed by atoms with E-state index in [9.17, 15) is 14.7 Å². The Hall–Kier alpha value is -1.89. The maximum Gasteiger partial charge on any atom is 0.310 e. The first-order valence-corrected chi connectivity index (χ1v) is 7.43. The zero-order valence-electron chi connectivity index (χ0n) is 12.8. The highest BCUT2D eigenvalue weighted by atomic mass is 16.5. The number of ether oxygens (including phenoxy) is 1. The number of hydrogen-bond donors (Lipinski definition) is 2. The summed E-state index contributed by atoms with van der Waals surface area (Å²) in [6, 6.07) is 1.67. The number of amides is 1. The van der Waals surface area contributed by atoms with Crippen LogP contribution in [0.15, 0.2) is 10.6 Å². The number of carbonyl (C=O) groups is 2. The van der Waals surface area contributed by atoms with E-state index < -0.39 is 17.8 Å². The zero-order valence-corrected chi connectivity index (χ0v) is 12.8. The molecular weight excluding hydrogens is 288 g/mol. The van der Waals surface area contributed by atoms with Crippen molar-refractivity contribution in [2.45, 2.75) is 51.2 Å². The molecule has 1 aromatic heterocycles. The van der Waals surface area contributed by atoms with E-state index in [1.165, 1.54) is 0 Å². The Morgan fingerprint density at radius 3 is 2.45 bits per heavy atom. The third-order valence-electron chi connectivity index (χ3n) is 4.36. The molecule has 0 radical (unpaired) electrons. The van der Waals surface area contributed by atoms with Gasteiger partial charge in [0.05, 0.1) is 24.0 Å². The molecule has 1 amide bonds. The smallest absolute Gasteiger partial charge is 0.310 e. The fourth-order valence-electron chi connectivity index (χ4n) is 3.22. The summed E-state index contributed by atoms with van der Waals surface area (Å²) >= 11 is 0. The summed E-state index contributed by atoms with van der Waals surface area (Å²) in [6.45, 7) is 5.93. The van der Waals surface area contributed by atoms with Crippen molar-refractivity contribution in [1.82, 2.24) is 5.16 Å². The lowest BCUT2D eigenvalue weighted by atomic mass is 9.79. The van der Waals surface area contributed by atoms with Gasteiger partial charge in [0.25, 0.3) is 0 Å². The monoisotopic (exact) mass is 308 g/mol. The van der Waals surface area contributed by atoms with Crippen molar-refractivity contribution >= 4 is 17.7 Å². The molecule has 2 N–H and O–H groups in total. The molecule has 2 saturated heterocycles. The molecule has 0 spiro atoms. The first kappa shape index (κ1) is 15.0. The molecule has 1 aromatic rings. The lowest BCUT2D eigenvalue weighted by molar-refractivity contribution is -0.147. The molecule has 4 atom stereocenters. The van der Waals surface area contributed by atoms with Gasteiger partial charge in [-0.2, -0.15) is 0 Å². The van der Waals surface area contributed by atoms with Crippen LogP contribution in [-0.2, 0) is 19.7 Å². The molecule has 7 heteroatoms. The van der Waals surface area contributed by atoms with Crippen LogP contribution >= 0.6 is 0 Å². The number of aromatic nitrogens is 1. The average Bonchev–Trinajstić information content (AvgIpc) is 3.11. The van der Waals surface area contributed by atoms with Gasteiger partial charge < -0.3 is 19.7 Å². The molecule has 0 aliphatic carbocycles. The lowest BCUT2D eigenvalue weighted by Crippen LogP contribution is -2.41. The van der Waals surface area contributed by atoms with Crippen LogP contribution in [0, 0.1) is 11.8 Å². The Morgan fingerprint density at radius 2 is 1.91 bits per heavy atom. The summed E-state index contributed by atoms with van der Waals surface area (Å²) in [4.78, 5) is 23.8. The van der Waals surface area contributed by atoms with Gasteiger partial charge in [0.2, 0.25) is 5.91 Å². The summed E-state index contributed by atoms with van der Waals surface area (Å²) in [5.74, 6) is -1.85. The number of hydrogen-bond acceptors (Lipinski definition) is 5. The molecule has 0 aromatic carbocycles. The van der Waals surface area contributed by atoms with Gasteiger partial charge in [0.1, 0.15) is 5.76 Å². The number of carbonyl (C=O) groups excluding carboxylic acids is 1. The Bertz CT molecular complexity index is 603. The van der Waals surface area contributed by atoms with Crippen LogP contribution in [0.5, 0.6) is 0 Å². The molecular formula is C15H20N2O5. The van der Waals surface area contributed by atoms with Gasteiger partial charge in [-0.1, -0.05) is 25.9 Å². The number of carboxylic acid groups (broad SMARTS) is 1. The minimum Gasteiger partial charge on any atom is -0.481 e. The Balaban J connectivity index is 1.74. The zero-order chi connectivity index (χ0) is 16.1. The second-order valence-corrected chi connectivity index (χ2v) is 7.00. The second kappa shape index (κ2) is 5.08. The van der Waals surface area contributed by atoms with Crippen LogP contribution in [0.4, 0.5) is 5.82 Å². The van der Waals surface area contributed by atoms with Crippen LogP contribution < -0.4 is 5.32 Å². The minimum atomic E-state index is -0.983. The molecule has 120 valence electrons. The van der Waals surface area contributed by atoms with Crippen molar-refractivity contribution in [3.63, 3.8) is 0 Å². The Kier molecular flexibility index (Phi) is 3.47. The summed E-state index contributed by atoms with van der Waals surface area (Å²) in [6.07, 6.45) is 0.739. The van der Waals surface area contributed by atoms with E-state index in [-0.39, 0.29) is 23.5 Å². The van der Waals surface area contributed by atoms with Crippen LogP contribution in [0.2, 0.25) is 0 Å². The van der Waals surface area contributed by atoms with Gasteiger partial charge in [0.15, 0.2) is 5.82 Å². The fraction of sp³-hybridized carbons (Fsp3) is 0.667. The largest absolute Gasteiger partial charge is 0.481 e. The highest BCUT2D eigenvalue weighted by molar-refractivity contribution is 5.95. The third kappa shape index (κ3) is 2.49. The molecule has 2 fully saturated rings. The summed E-state index contributed by atoms with van der Waals surface area (Å²) in [5.41, 5.74) is -0.213. The van der Waals surface area contributed by atoms with E-state index in [4.69, 9.17) is 9.26 Å². The van der Waals surface area contributed by atoms with Gasteiger partial charge in [-0.05, 0) is 12.8 Å². The summed E-state index contributed by atoms with van der Waals surface area (Å²) in [5, 5.41) is 15.8. The van der Waals surface area contributed by atoms with Crippen LogP contribution in [0.1, 0.15) is 39.4 Å². The van der Waals surface area contributed by atoms with Gasteiger partial charge in [0, 0.05) is 11.5 Å². The normalized spacial score (nSPS) is 30.5. The van der Waals surface area contributed by atoms with Crippen molar-refractivity contribution in [2.75, 3.05) is 5.32 Å². The van der Waals surface area contributed by atoms with Gasteiger partial charge in [-0.3, -0.25) is 9.59 Å². The second-order valence-electron chi connectivity index (χ2n) is 7.00. The molecule has 2 aliphatic rings. The molecule has 3 rings (SSSR count). The SMILES string of the molecule is CC(C)(C)c1cc(NC(=O)[C@H]2[C@@H](C(=O)O)[C@H]3CC[C@@H]2O3)no1. The standard InChI is InChI=1S/C15H20N2O5/c1-15(2,3)9-6-10(17-22-9)16-13(18)11-7-4-5-8(21-7)12(11)14(19)20/h6-8,11-12H,4-5H2,1-3H3,(H,19,20)(H,16,17,18)/t7-,8+,11+,12-/m0/s1. The molecule has 3 heterocycles. The molecule has 7 nitrogen and oxygen atoms in total. The van der Waals surface area contributed by atoms with Crippen LogP contribution in [-0.4, -0.2) is 34.3 Å². The maximum absolute atomic E-state index is 12.4. The lowest BCUT2D eigenvalue weighted by Gasteiger charge is -2.23. The molecule has 0 saturated carbocycles. The van der Waals surface area contributed by atoms with E-state index in [0.717, 1.165) is 6.42 Å². The number of anilines is 1. The summed E-state index contributed by atoms with van der Waals surface area (Å²) < 4.78 is 10.8. The predicted octanol–water partition coefficient (Wildman–Crippen LogP) is 1.79. The van der Waals surface area contributed by atoms with Crippen molar-refractivity contribution in [3.05, 3.63) is 11.8 Å². The Morgan fingerprint density at radius 1 is 1.27 bits per heavy atom. The van der Waals surface area contributed by atoms with E-state index in [1.54, 1.807) is 6.07 Å². The molecule has 0 unspecified atom stereocenters. The number of rotatable bonds is 3. The van der Waals surface area contributed by atoms with E-state index >= 15 is 0 Å². The topological polar surface area (TPSA) is 102 Å². The molecule has 2 bridgehead atoms. The number of fused-ring (bicyclic) bond motifs is 2. The van der Waals surface area contributed by atoms with Crippen molar-refractivity contribution < 1.29 is 24.0 Å². The van der Waals surface area contributed by atoms with Crippen molar-refractivity contribution in [3.8, 4) is 0 Å².